The van der Waals surface area contributed by atoms with E-state index in [0.29, 0.717) is 11.3 Å². The number of benzene rings is 2. The van der Waals surface area contributed by atoms with E-state index in [1.807, 2.05) is 12.1 Å². The molecule has 0 amide bonds. The summed E-state index contributed by atoms with van der Waals surface area (Å²) < 4.78 is 5.08. The molecule has 0 radical (unpaired) electrons. The maximum Gasteiger partial charge on any atom is 0.322 e. The smallest absolute Gasteiger partial charge is 0.322 e. The number of carboxylic acid groups (broad SMARTS) is 1. The molecular formula is C17H18N2O4. The average Bonchev–Trinajstić information content (AvgIpc) is 2.58. The number of Topliss-reactive ketones (excluding diaryl/α,β-unsaturated/α-hetero) is 1. The summed E-state index contributed by atoms with van der Waals surface area (Å²) in [5.41, 5.74) is 1.77. The van der Waals surface area contributed by atoms with Gasteiger partial charge in [-0.3, -0.25) is 9.59 Å². The lowest BCUT2D eigenvalue weighted by Gasteiger charge is -2.11. The fourth-order valence-electron chi connectivity index (χ4n) is 2.04. The second kappa shape index (κ2) is 7.84. The molecule has 0 fully saturated rings. The number of rotatable bonds is 8. The molecule has 2 aromatic rings. The number of methoxy groups -OCH3 is 1. The van der Waals surface area contributed by atoms with Crippen molar-refractivity contribution in [1.82, 2.24) is 0 Å². The SMILES string of the molecule is COc1ccc(NCC(=O)c2ccccc2NCC(=O)O)cc1. The summed E-state index contributed by atoms with van der Waals surface area (Å²) in [7, 11) is 1.59. The van der Waals surface area contributed by atoms with Gasteiger partial charge >= 0.3 is 5.97 Å². The van der Waals surface area contributed by atoms with Gasteiger partial charge in [0, 0.05) is 16.9 Å². The van der Waals surface area contributed by atoms with E-state index in [1.165, 1.54) is 0 Å². The van der Waals surface area contributed by atoms with Crippen molar-refractivity contribution in [2.45, 2.75) is 0 Å². The van der Waals surface area contributed by atoms with E-state index in [0.717, 1.165) is 11.4 Å². The van der Waals surface area contributed by atoms with Crippen molar-refractivity contribution < 1.29 is 19.4 Å². The first-order chi connectivity index (χ1) is 11.1. The quantitative estimate of drug-likeness (QED) is 0.649. The molecule has 3 N–H and O–H groups in total. The second-order valence-corrected chi connectivity index (χ2v) is 4.80. The summed E-state index contributed by atoms with van der Waals surface area (Å²) in [4.78, 5) is 23.0. The number of anilines is 2. The van der Waals surface area contributed by atoms with E-state index in [2.05, 4.69) is 10.6 Å². The Morgan fingerprint density at radius 3 is 2.35 bits per heavy atom. The van der Waals surface area contributed by atoms with Crippen molar-refractivity contribution in [3.8, 4) is 5.75 Å². The van der Waals surface area contributed by atoms with Crippen LogP contribution in [0.1, 0.15) is 10.4 Å². The maximum absolute atomic E-state index is 12.3. The molecule has 0 bridgehead atoms. The molecule has 0 atom stereocenters. The average molecular weight is 314 g/mol. The van der Waals surface area contributed by atoms with Crippen LogP contribution in [0.15, 0.2) is 48.5 Å². The number of hydrogen-bond acceptors (Lipinski definition) is 5. The van der Waals surface area contributed by atoms with Crippen LogP contribution in [0.2, 0.25) is 0 Å². The van der Waals surface area contributed by atoms with Gasteiger partial charge in [0.05, 0.1) is 13.7 Å². The highest BCUT2D eigenvalue weighted by Crippen LogP contribution is 2.17. The Morgan fingerprint density at radius 1 is 1.00 bits per heavy atom. The van der Waals surface area contributed by atoms with Gasteiger partial charge in [-0.25, -0.2) is 0 Å². The molecule has 0 spiro atoms. The van der Waals surface area contributed by atoms with Crippen LogP contribution in [0.5, 0.6) is 5.75 Å². The van der Waals surface area contributed by atoms with Gasteiger partial charge in [0.25, 0.3) is 0 Å². The second-order valence-electron chi connectivity index (χ2n) is 4.80. The molecule has 6 nitrogen and oxygen atoms in total. The molecule has 120 valence electrons. The standard InChI is InChI=1S/C17H18N2O4/c1-23-13-8-6-12(7-9-13)18-10-16(20)14-4-2-3-5-15(14)19-11-17(21)22/h2-9,18-19H,10-11H2,1H3,(H,21,22). The monoisotopic (exact) mass is 314 g/mol. The molecular weight excluding hydrogens is 296 g/mol. The molecule has 0 saturated heterocycles. The summed E-state index contributed by atoms with van der Waals surface area (Å²) in [6.45, 7) is -0.131. The third-order valence-electron chi connectivity index (χ3n) is 3.20. The van der Waals surface area contributed by atoms with Crippen molar-refractivity contribution in [3.63, 3.8) is 0 Å². The largest absolute Gasteiger partial charge is 0.497 e. The van der Waals surface area contributed by atoms with Crippen molar-refractivity contribution in [1.29, 1.82) is 0 Å². The van der Waals surface area contributed by atoms with Gasteiger partial charge in [0.2, 0.25) is 0 Å². The lowest BCUT2D eigenvalue weighted by molar-refractivity contribution is -0.134. The normalized spacial score (nSPS) is 9.96. The van der Waals surface area contributed by atoms with Crippen LogP contribution in [-0.4, -0.2) is 37.1 Å². The van der Waals surface area contributed by atoms with Crippen molar-refractivity contribution in [2.24, 2.45) is 0 Å². The maximum atomic E-state index is 12.3. The zero-order chi connectivity index (χ0) is 16.7. The molecule has 0 aliphatic rings. The number of para-hydroxylation sites is 1. The molecule has 0 aromatic heterocycles. The minimum absolute atomic E-state index is 0.109. The Bertz CT molecular complexity index is 683. The third kappa shape index (κ3) is 4.74. The number of ketones is 1. The molecule has 0 aliphatic heterocycles. The molecule has 0 aliphatic carbocycles. The van der Waals surface area contributed by atoms with Gasteiger partial charge in [-0.15, -0.1) is 0 Å². The Hall–Kier alpha value is -3.02. The number of hydrogen-bond donors (Lipinski definition) is 3. The van der Waals surface area contributed by atoms with E-state index < -0.39 is 5.97 Å². The topological polar surface area (TPSA) is 87.7 Å². The Kier molecular flexibility index (Phi) is 5.57. The zero-order valence-electron chi connectivity index (χ0n) is 12.7. The molecule has 0 heterocycles. The van der Waals surface area contributed by atoms with Crippen LogP contribution in [0.3, 0.4) is 0 Å². The van der Waals surface area contributed by atoms with E-state index in [1.54, 1.807) is 43.5 Å². The number of nitrogens with one attached hydrogen (secondary N) is 2. The van der Waals surface area contributed by atoms with Crippen LogP contribution >= 0.6 is 0 Å². The minimum Gasteiger partial charge on any atom is -0.497 e. The lowest BCUT2D eigenvalue weighted by atomic mass is 10.1. The first-order valence-corrected chi connectivity index (χ1v) is 7.06. The summed E-state index contributed by atoms with van der Waals surface area (Å²) in [6.07, 6.45) is 0. The summed E-state index contributed by atoms with van der Waals surface area (Å²) in [5, 5.41) is 14.5. The van der Waals surface area contributed by atoms with Gasteiger partial charge in [-0.1, -0.05) is 12.1 Å². The highest BCUT2D eigenvalue weighted by molar-refractivity contribution is 6.03. The van der Waals surface area contributed by atoms with Gasteiger partial charge in [0.1, 0.15) is 12.3 Å². The van der Waals surface area contributed by atoms with Gasteiger partial charge in [-0.2, -0.15) is 0 Å². The lowest BCUT2D eigenvalue weighted by Crippen LogP contribution is -2.18. The third-order valence-corrected chi connectivity index (χ3v) is 3.20. The zero-order valence-corrected chi connectivity index (χ0v) is 12.7. The number of carboxylic acids is 1. The molecule has 0 saturated carbocycles. The first-order valence-electron chi connectivity index (χ1n) is 7.06. The van der Waals surface area contributed by atoms with Gasteiger partial charge < -0.3 is 20.5 Å². The summed E-state index contributed by atoms with van der Waals surface area (Å²) >= 11 is 0. The predicted molar refractivity (Wildman–Crippen MR) is 88.4 cm³/mol. The van der Waals surface area contributed by atoms with Crippen molar-refractivity contribution in [2.75, 3.05) is 30.8 Å². The van der Waals surface area contributed by atoms with E-state index in [4.69, 9.17) is 9.84 Å². The number of ether oxygens (including phenoxy) is 1. The molecule has 6 heteroatoms. The van der Waals surface area contributed by atoms with E-state index in [9.17, 15) is 9.59 Å². The number of carbonyl (C=O) groups is 2. The highest BCUT2D eigenvalue weighted by Gasteiger charge is 2.11. The van der Waals surface area contributed by atoms with Gasteiger partial charge in [-0.05, 0) is 36.4 Å². The summed E-state index contributed by atoms with van der Waals surface area (Å²) in [6, 6.07) is 14.1. The van der Waals surface area contributed by atoms with Crippen LogP contribution in [0, 0.1) is 0 Å². The van der Waals surface area contributed by atoms with Crippen LogP contribution in [0.4, 0.5) is 11.4 Å². The molecule has 2 aromatic carbocycles. The highest BCUT2D eigenvalue weighted by atomic mass is 16.5. The summed E-state index contributed by atoms with van der Waals surface area (Å²) in [5.74, 6) is -0.372. The predicted octanol–water partition coefficient (Wildman–Crippen LogP) is 2.49. The molecule has 23 heavy (non-hydrogen) atoms. The Morgan fingerprint density at radius 2 is 1.70 bits per heavy atom. The number of aliphatic carboxylic acids is 1. The number of carbonyl (C=O) groups excluding carboxylic acids is 1. The fourth-order valence-corrected chi connectivity index (χ4v) is 2.04. The van der Waals surface area contributed by atoms with Gasteiger partial charge in [0.15, 0.2) is 5.78 Å². The van der Waals surface area contributed by atoms with Crippen molar-refractivity contribution >= 4 is 23.1 Å². The molecule has 0 unspecified atom stereocenters. The van der Waals surface area contributed by atoms with Crippen LogP contribution in [0.25, 0.3) is 0 Å². The van der Waals surface area contributed by atoms with Crippen molar-refractivity contribution in [3.05, 3.63) is 54.1 Å². The van der Waals surface area contributed by atoms with Crippen LogP contribution < -0.4 is 15.4 Å². The van der Waals surface area contributed by atoms with E-state index in [-0.39, 0.29) is 18.9 Å². The van der Waals surface area contributed by atoms with Crippen LogP contribution in [-0.2, 0) is 4.79 Å². The fraction of sp³-hybridized carbons (Fsp3) is 0.176. The molecule has 2 rings (SSSR count). The Balaban J connectivity index is 2.01. The Labute approximate surface area is 134 Å². The minimum atomic E-state index is -0.983. The first kappa shape index (κ1) is 16.4. The van der Waals surface area contributed by atoms with E-state index >= 15 is 0 Å².